The highest BCUT2D eigenvalue weighted by Crippen LogP contribution is 2.10. The van der Waals surface area contributed by atoms with Gasteiger partial charge in [0.25, 0.3) is 0 Å². The Labute approximate surface area is 61.1 Å². The van der Waals surface area contributed by atoms with Crippen LogP contribution in [-0.2, 0) is 0 Å². The Morgan fingerprint density at radius 1 is 1.44 bits per heavy atom. The fourth-order valence-corrected chi connectivity index (χ4v) is 0.930. The fourth-order valence-electron chi connectivity index (χ4n) is 0.532. The normalized spacial score (nSPS) is 9.67. The average molecular weight is 160 g/mol. The molecular formula is C6H6FPS. The summed E-state index contributed by atoms with van der Waals surface area (Å²) in [7, 11) is 2.40. The highest BCUT2D eigenvalue weighted by molar-refractivity contribution is 7.80. The first-order valence-corrected chi connectivity index (χ1v) is 3.47. The summed E-state index contributed by atoms with van der Waals surface area (Å²) < 4.78 is 12.5. The van der Waals surface area contributed by atoms with E-state index in [1.165, 1.54) is 6.07 Å². The third kappa shape index (κ3) is 1.44. The van der Waals surface area contributed by atoms with E-state index < -0.39 is 0 Å². The molecule has 1 aromatic rings. The molecule has 1 aromatic carbocycles. The third-order valence-electron chi connectivity index (χ3n) is 1.02. The van der Waals surface area contributed by atoms with Crippen molar-refractivity contribution in [3.63, 3.8) is 0 Å². The molecule has 0 saturated carbocycles. The molecule has 0 saturated heterocycles. The first kappa shape index (κ1) is 7.04. The van der Waals surface area contributed by atoms with E-state index in [9.17, 15) is 4.39 Å². The molecule has 1 unspecified atom stereocenters. The van der Waals surface area contributed by atoms with Gasteiger partial charge in [0.1, 0.15) is 5.82 Å². The van der Waals surface area contributed by atoms with Gasteiger partial charge in [-0.2, -0.15) is 0 Å². The van der Waals surface area contributed by atoms with Crippen LogP contribution in [0.15, 0.2) is 23.1 Å². The van der Waals surface area contributed by atoms with Gasteiger partial charge in [0.2, 0.25) is 0 Å². The first-order chi connectivity index (χ1) is 4.22. The summed E-state index contributed by atoms with van der Waals surface area (Å²) in [4.78, 5) is 0.405. The van der Waals surface area contributed by atoms with Crippen LogP contribution < -0.4 is 5.30 Å². The van der Waals surface area contributed by atoms with E-state index >= 15 is 0 Å². The minimum Gasteiger partial charge on any atom is -0.206 e. The van der Waals surface area contributed by atoms with E-state index in [4.69, 9.17) is 0 Å². The lowest BCUT2D eigenvalue weighted by molar-refractivity contribution is 0.605. The minimum absolute atomic E-state index is 0.272. The van der Waals surface area contributed by atoms with Gasteiger partial charge in [0, 0.05) is 4.90 Å². The molecule has 0 radical (unpaired) electrons. The summed E-state index contributed by atoms with van der Waals surface area (Å²) in [5, 5.41) is 0.790. The second-order valence-electron chi connectivity index (χ2n) is 1.68. The second kappa shape index (κ2) is 2.68. The lowest BCUT2D eigenvalue weighted by Gasteiger charge is -1.96. The average Bonchev–Trinajstić information content (AvgIpc) is 1.83. The van der Waals surface area contributed by atoms with E-state index in [1.54, 1.807) is 12.1 Å². The lowest BCUT2D eigenvalue weighted by atomic mass is 10.3. The standard InChI is InChI=1S/C6H6FPS/c7-4-2-1-3-5(8)6(4)9/h1-3,9H,8H2. The van der Waals surface area contributed by atoms with Gasteiger partial charge >= 0.3 is 0 Å². The number of hydrogen-bond donors (Lipinski definition) is 1. The van der Waals surface area contributed by atoms with Crippen molar-refractivity contribution in [1.82, 2.24) is 0 Å². The Balaban J connectivity index is 3.25. The summed E-state index contributed by atoms with van der Waals surface area (Å²) >= 11 is 3.92. The zero-order chi connectivity index (χ0) is 6.85. The number of halogens is 1. The van der Waals surface area contributed by atoms with Gasteiger partial charge in [0.15, 0.2) is 0 Å². The monoisotopic (exact) mass is 160 g/mol. The molecular weight excluding hydrogens is 154 g/mol. The van der Waals surface area contributed by atoms with Crippen molar-refractivity contribution in [3.05, 3.63) is 24.0 Å². The molecule has 1 atom stereocenters. The van der Waals surface area contributed by atoms with Crippen LogP contribution in [-0.4, -0.2) is 0 Å². The van der Waals surface area contributed by atoms with Crippen molar-refractivity contribution in [3.8, 4) is 0 Å². The van der Waals surface area contributed by atoms with E-state index in [0.29, 0.717) is 4.90 Å². The molecule has 0 N–H and O–H groups in total. The highest BCUT2D eigenvalue weighted by atomic mass is 32.1. The van der Waals surface area contributed by atoms with E-state index in [0.717, 1.165) is 5.30 Å². The molecule has 0 aliphatic rings. The largest absolute Gasteiger partial charge is 0.206 e. The number of thiol groups is 1. The molecule has 0 aliphatic carbocycles. The van der Waals surface area contributed by atoms with Gasteiger partial charge < -0.3 is 0 Å². The molecule has 0 bridgehead atoms. The van der Waals surface area contributed by atoms with Gasteiger partial charge in [-0.25, -0.2) is 4.39 Å². The van der Waals surface area contributed by atoms with Crippen molar-refractivity contribution >= 4 is 27.2 Å². The van der Waals surface area contributed by atoms with Crippen molar-refractivity contribution in [2.24, 2.45) is 0 Å². The molecule has 48 valence electrons. The van der Waals surface area contributed by atoms with E-state index in [2.05, 4.69) is 21.9 Å². The van der Waals surface area contributed by atoms with Gasteiger partial charge in [0.05, 0.1) is 0 Å². The van der Waals surface area contributed by atoms with Gasteiger partial charge in [-0.1, -0.05) is 12.1 Å². The lowest BCUT2D eigenvalue weighted by Crippen LogP contribution is -1.94. The molecule has 9 heavy (non-hydrogen) atoms. The highest BCUT2D eigenvalue weighted by Gasteiger charge is 1.97. The van der Waals surface area contributed by atoms with Crippen LogP contribution in [0.3, 0.4) is 0 Å². The SMILES string of the molecule is Fc1cccc(P)c1S. The Hall–Kier alpha value is -0.0700. The van der Waals surface area contributed by atoms with Gasteiger partial charge in [-0.05, 0) is 11.4 Å². The summed E-state index contributed by atoms with van der Waals surface area (Å²) in [6.45, 7) is 0. The van der Waals surface area contributed by atoms with Crippen molar-refractivity contribution in [1.29, 1.82) is 0 Å². The molecule has 0 spiro atoms. The predicted octanol–water partition coefficient (Wildman–Crippen LogP) is 1.61. The van der Waals surface area contributed by atoms with Crippen LogP contribution >= 0.6 is 21.9 Å². The van der Waals surface area contributed by atoms with Crippen LogP contribution in [0.4, 0.5) is 4.39 Å². The maximum absolute atomic E-state index is 12.5. The van der Waals surface area contributed by atoms with Crippen LogP contribution in [0.25, 0.3) is 0 Å². The Morgan fingerprint density at radius 3 is 2.56 bits per heavy atom. The Bertz CT molecular complexity index is 204. The summed E-state index contributed by atoms with van der Waals surface area (Å²) in [5.41, 5.74) is 0. The minimum atomic E-state index is -0.272. The smallest absolute Gasteiger partial charge is 0.137 e. The third-order valence-corrected chi connectivity index (χ3v) is 2.21. The molecule has 0 heterocycles. The fraction of sp³-hybridized carbons (Fsp3) is 0. The van der Waals surface area contributed by atoms with Gasteiger partial charge in [-0.3, -0.25) is 0 Å². The molecule has 3 heteroatoms. The topological polar surface area (TPSA) is 0 Å². The summed E-state index contributed by atoms with van der Waals surface area (Å²) in [5.74, 6) is -0.272. The maximum atomic E-state index is 12.5. The molecule has 0 fully saturated rings. The molecule has 0 nitrogen and oxygen atoms in total. The molecule has 0 aromatic heterocycles. The van der Waals surface area contributed by atoms with Crippen LogP contribution in [0, 0.1) is 5.82 Å². The zero-order valence-corrected chi connectivity index (χ0v) is 6.68. The summed E-state index contributed by atoms with van der Waals surface area (Å²) in [6, 6.07) is 4.82. The van der Waals surface area contributed by atoms with Crippen LogP contribution in [0.1, 0.15) is 0 Å². The molecule has 0 amide bonds. The molecule has 0 aliphatic heterocycles. The van der Waals surface area contributed by atoms with E-state index in [-0.39, 0.29) is 5.82 Å². The van der Waals surface area contributed by atoms with E-state index in [1.807, 2.05) is 0 Å². The van der Waals surface area contributed by atoms with Gasteiger partial charge in [-0.15, -0.1) is 21.9 Å². The number of hydrogen-bond acceptors (Lipinski definition) is 1. The van der Waals surface area contributed by atoms with Crippen molar-refractivity contribution < 1.29 is 4.39 Å². The number of rotatable bonds is 0. The maximum Gasteiger partial charge on any atom is 0.137 e. The van der Waals surface area contributed by atoms with Crippen LogP contribution in [0.5, 0.6) is 0 Å². The van der Waals surface area contributed by atoms with Crippen molar-refractivity contribution in [2.45, 2.75) is 4.90 Å². The van der Waals surface area contributed by atoms with Crippen molar-refractivity contribution in [2.75, 3.05) is 0 Å². The predicted molar refractivity (Wildman–Crippen MR) is 43.0 cm³/mol. The molecule has 1 rings (SSSR count). The van der Waals surface area contributed by atoms with Crippen LogP contribution in [0.2, 0.25) is 0 Å². The first-order valence-electron chi connectivity index (χ1n) is 2.45. The number of benzene rings is 1. The summed E-state index contributed by atoms with van der Waals surface area (Å²) in [6.07, 6.45) is 0. The Kier molecular flexibility index (Phi) is 2.09. The quantitative estimate of drug-likeness (QED) is 0.432. The zero-order valence-electron chi connectivity index (χ0n) is 4.63. The second-order valence-corrected chi connectivity index (χ2v) is 2.75. The Morgan fingerprint density at radius 2 is 2.11 bits per heavy atom.